The van der Waals surface area contributed by atoms with E-state index in [9.17, 15) is 4.79 Å². The molecule has 2 N–H and O–H groups in total. The number of likely N-dealkylation sites (tertiary alicyclic amines) is 1. The first-order valence-corrected chi connectivity index (χ1v) is 9.31. The number of nitrogens with zero attached hydrogens (tertiary/aromatic N) is 3. The van der Waals surface area contributed by atoms with Gasteiger partial charge in [0.2, 0.25) is 0 Å². The highest BCUT2D eigenvalue weighted by Gasteiger charge is 2.46. The molecule has 0 aromatic heterocycles. The smallest absolute Gasteiger partial charge is 0.320 e. The molecule has 0 aromatic rings. The van der Waals surface area contributed by atoms with E-state index in [0.29, 0.717) is 6.04 Å². The maximum Gasteiger partial charge on any atom is 0.320 e. The van der Waals surface area contributed by atoms with Crippen molar-refractivity contribution in [3.63, 3.8) is 0 Å². The SMILES string of the molecule is N[C@@H]1CCN2C(=O)N(C3CCN(C4CCCCC4)CC3)C[C@H]12. The number of amides is 2. The number of nitrogens with two attached hydrogens (primary N) is 1. The second-order valence-corrected chi connectivity index (χ2v) is 7.71. The summed E-state index contributed by atoms with van der Waals surface area (Å²) in [7, 11) is 0. The molecule has 3 aliphatic heterocycles. The summed E-state index contributed by atoms with van der Waals surface area (Å²) in [6, 6.07) is 2.00. The standard InChI is InChI=1S/C17H30N4O/c18-15-8-11-20-16(15)12-21(17(20)22)14-6-9-19(10-7-14)13-4-2-1-3-5-13/h13-16H,1-12,18H2/t15-,16-/m1/s1. The van der Waals surface area contributed by atoms with Crippen LogP contribution >= 0.6 is 0 Å². The van der Waals surface area contributed by atoms with Gasteiger partial charge >= 0.3 is 6.03 Å². The lowest BCUT2D eigenvalue weighted by molar-refractivity contribution is 0.0865. The van der Waals surface area contributed by atoms with Crippen molar-refractivity contribution >= 4 is 6.03 Å². The van der Waals surface area contributed by atoms with Crippen LogP contribution in [0.25, 0.3) is 0 Å². The van der Waals surface area contributed by atoms with E-state index in [1.807, 2.05) is 4.90 Å². The van der Waals surface area contributed by atoms with Crippen LogP contribution in [0.5, 0.6) is 0 Å². The molecule has 0 spiro atoms. The van der Waals surface area contributed by atoms with Crippen molar-refractivity contribution in [2.24, 2.45) is 5.73 Å². The number of piperidine rings is 1. The highest BCUT2D eigenvalue weighted by atomic mass is 16.2. The topological polar surface area (TPSA) is 52.8 Å². The number of fused-ring (bicyclic) bond motifs is 1. The molecule has 3 saturated heterocycles. The molecule has 2 amide bonds. The molecule has 22 heavy (non-hydrogen) atoms. The summed E-state index contributed by atoms with van der Waals surface area (Å²) in [6.07, 6.45) is 10.3. The number of carbonyl (C=O) groups is 1. The normalized spacial score (nSPS) is 35.4. The Balaban J connectivity index is 1.33. The molecule has 0 aromatic carbocycles. The summed E-state index contributed by atoms with van der Waals surface area (Å²) in [5.41, 5.74) is 6.16. The van der Waals surface area contributed by atoms with Crippen LogP contribution in [0.15, 0.2) is 0 Å². The average Bonchev–Trinajstić information content (AvgIpc) is 3.09. The summed E-state index contributed by atoms with van der Waals surface area (Å²) in [5.74, 6) is 0. The van der Waals surface area contributed by atoms with Crippen LogP contribution in [0.3, 0.4) is 0 Å². The predicted molar refractivity (Wildman–Crippen MR) is 86.7 cm³/mol. The number of urea groups is 1. The van der Waals surface area contributed by atoms with Gasteiger partial charge in [-0.3, -0.25) is 0 Å². The Morgan fingerprint density at radius 1 is 0.818 bits per heavy atom. The third-order valence-corrected chi connectivity index (χ3v) is 6.50. The van der Waals surface area contributed by atoms with Crippen LogP contribution in [-0.2, 0) is 0 Å². The highest BCUT2D eigenvalue weighted by molar-refractivity contribution is 5.78. The average molecular weight is 306 g/mol. The molecule has 4 fully saturated rings. The molecule has 0 unspecified atom stereocenters. The number of carbonyl (C=O) groups excluding carboxylic acids is 1. The van der Waals surface area contributed by atoms with Gasteiger partial charge in [-0.05, 0) is 32.1 Å². The third-order valence-electron chi connectivity index (χ3n) is 6.50. The molecule has 124 valence electrons. The van der Waals surface area contributed by atoms with Gasteiger partial charge in [0.25, 0.3) is 0 Å². The van der Waals surface area contributed by atoms with Crippen LogP contribution in [0.4, 0.5) is 4.79 Å². The monoisotopic (exact) mass is 306 g/mol. The van der Waals surface area contributed by atoms with Crippen molar-refractivity contribution in [1.82, 2.24) is 14.7 Å². The van der Waals surface area contributed by atoms with E-state index in [1.54, 1.807) is 0 Å². The summed E-state index contributed by atoms with van der Waals surface area (Å²) in [4.78, 5) is 19.5. The largest absolute Gasteiger partial charge is 0.326 e. The molecule has 0 radical (unpaired) electrons. The zero-order chi connectivity index (χ0) is 15.1. The maximum atomic E-state index is 12.6. The minimum Gasteiger partial charge on any atom is -0.326 e. The van der Waals surface area contributed by atoms with Gasteiger partial charge in [-0.1, -0.05) is 19.3 Å². The van der Waals surface area contributed by atoms with Crippen molar-refractivity contribution in [3.05, 3.63) is 0 Å². The zero-order valence-electron chi connectivity index (χ0n) is 13.6. The van der Waals surface area contributed by atoms with E-state index in [1.165, 1.54) is 45.2 Å². The lowest BCUT2D eigenvalue weighted by Gasteiger charge is -2.41. The Hall–Kier alpha value is -0.810. The first-order chi connectivity index (χ1) is 10.7. The minimum atomic E-state index is 0.191. The van der Waals surface area contributed by atoms with Crippen molar-refractivity contribution in [2.75, 3.05) is 26.2 Å². The fourth-order valence-corrected chi connectivity index (χ4v) is 5.11. The summed E-state index contributed by atoms with van der Waals surface area (Å²) in [6.45, 7) is 4.09. The summed E-state index contributed by atoms with van der Waals surface area (Å²) in [5, 5.41) is 0. The van der Waals surface area contributed by atoms with Crippen molar-refractivity contribution in [2.45, 2.75) is 75.5 Å². The van der Waals surface area contributed by atoms with Crippen LogP contribution in [0, 0.1) is 0 Å². The van der Waals surface area contributed by atoms with Gasteiger partial charge in [-0.15, -0.1) is 0 Å². The molecule has 2 atom stereocenters. The van der Waals surface area contributed by atoms with Gasteiger partial charge in [-0.2, -0.15) is 0 Å². The Morgan fingerprint density at radius 3 is 2.23 bits per heavy atom. The van der Waals surface area contributed by atoms with Gasteiger partial charge in [0, 0.05) is 44.3 Å². The Bertz CT molecular complexity index is 415. The first-order valence-electron chi connectivity index (χ1n) is 9.31. The van der Waals surface area contributed by atoms with E-state index in [4.69, 9.17) is 5.73 Å². The lowest BCUT2D eigenvalue weighted by Crippen LogP contribution is -2.49. The van der Waals surface area contributed by atoms with E-state index in [2.05, 4.69) is 9.80 Å². The lowest BCUT2D eigenvalue weighted by atomic mass is 9.92. The van der Waals surface area contributed by atoms with Crippen LogP contribution in [0.2, 0.25) is 0 Å². The molecule has 3 heterocycles. The Kier molecular flexibility index (Phi) is 4.03. The van der Waals surface area contributed by atoms with Crippen molar-refractivity contribution in [3.8, 4) is 0 Å². The number of hydrogen-bond donors (Lipinski definition) is 1. The molecule has 4 aliphatic rings. The molecule has 0 bridgehead atoms. The molecule has 1 aliphatic carbocycles. The molecule has 5 nitrogen and oxygen atoms in total. The van der Waals surface area contributed by atoms with Crippen LogP contribution in [0.1, 0.15) is 51.4 Å². The van der Waals surface area contributed by atoms with Crippen molar-refractivity contribution < 1.29 is 4.79 Å². The van der Waals surface area contributed by atoms with E-state index in [-0.39, 0.29) is 18.1 Å². The zero-order valence-corrected chi connectivity index (χ0v) is 13.6. The fraction of sp³-hybridized carbons (Fsp3) is 0.941. The van der Waals surface area contributed by atoms with E-state index < -0.39 is 0 Å². The fourth-order valence-electron chi connectivity index (χ4n) is 5.11. The Morgan fingerprint density at radius 2 is 1.55 bits per heavy atom. The van der Waals surface area contributed by atoms with Crippen molar-refractivity contribution in [1.29, 1.82) is 0 Å². The number of rotatable bonds is 2. The second-order valence-electron chi connectivity index (χ2n) is 7.71. The molecule has 1 saturated carbocycles. The minimum absolute atomic E-state index is 0.191. The second kappa shape index (κ2) is 6.00. The van der Waals surface area contributed by atoms with Crippen LogP contribution < -0.4 is 5.73 Å². The highest BCUT2D eigenvalue weighted by Crippen LogP contribution is 2.31. The maximum absolute atomic E-state index is 12.6. The molecular weight excluding hydrogens is 276 g/mol. The van der Waals surface area contributed by atoms with Gasteiger partial charge in [0.1, 0.15) is 0 Å². The quantitative estimate of drug-likeness (QED) is 0.843. The number of hydrogen-bond acceptors (Lipinski definition) is 3. The molecule has 4 rings (SSSR count). The van der Waals surface area contributed by atoms with Gasteiger partial charge in [0.05, 0.1) is 6.04 Å². The van der Waals surface area contributed by atoms with E-state index >= 15 is 0 Å². The summed E-state index contributed by atoms with van der Waals surface area (Å²) < 4.78 is 0. The van der Waals surface area contributed by atoms with Gasteiger partial charge in [-0.25, -0.2) is 4.79 Å². The Labute approximate surface area is 133 Å². The first kappa shape index (κ1) is 14.8. The van der Waals surface area contributed by atoms with Gasteiger partial charge < -0.3 is 20.4 Å². The molecular formula is C17H30N4O. The predicted octanol–water partition coefficient (Wildman–Crippen LogP) is 1.62. The molecule has 5 heteroatoms. The van der Waals surface area contributed by atoms with Crippen LogP contribution in [-0.4, -0.2) is 71.1 Å². The summed E-state index contributed by atoms with van der Waals surface area (Å²) >= 11 is 0. The third kappa shape index (κ3) is 2.52. The van der Waals surface area contributed by atoms with Gasteiger partial charge in [0.15, 0.2) is 0 Å². The van der Waals surface area contributed by atoms with E-state index in [0.717, 1.165) is 38.4 Å².